The summed E-state index contributed by atoms with van der Waals surface area (Å²) in [5, 5.41) is 0.0509. The van der Waals surface area contributed by atoms with Crippen molar-refractivity contribution in [3.63, 3.8) is 0 Å². The van der Waals surface area contributed by atoms with Crippen LogP contribution in [-0.4, -0.2) is 5.91 Å². The van der Waals surface area contributed by atoms with Gasteiger partial charge in [-0.05, 0) is 12.1 Å². The van der Waals surface area contributed by atoms with Crippen molar-refractivity contribution < 1.29 is 9.18 Å². The van der Waals surface area contributed by atoms with E-state index in [1.54, 1.807) is 0 Å². The predicted molar refractivity (Wildman–Crippen MR) is 44.9 cm³/mol. The summed E-state index contributed by atoms with van der Waals surface area (Å²) in [6.07, 6.45) is 0. The van der Waals surface area contributed by atoms with Gasteiger partial charge in [-0.1, -0.05) is 23.2 Å². The quantitative estimate of drug-likeness (QED) is 0.755. The van der Waals surface area contributed by atoms with Crippen LogP contribution in [0.2, 0.25) is 10.0 Å². The number of nitrogens with two attached hydrogens (primary N) is 1. The van der Waals surface area contributed by atoms with E-state index in [0.29, 0.717) is 0 Å². The van der Waals surface area contributed by atoms with E-state index in [2.05, 4.69) is 0 Å². The minimum absolute atomic E-state index is 0.0764. The second kappa shape index (κ2) is 3.29. The van der Waals surface area contributed by atoms with Crippen LogP contribution in [0.15, 0.2) is 12.1 Å². The van der Waals surface area contributed by atoms with Gasteiger partial charge in [0, 0.05) is 5.02 Å². The van der Waals surface area contributed by atoms with E-state index in [-0.39, 0.29) is 15.6 Å². The monoisotopic (exact) mass is 207 g/mol. The van der Waals surface area contributed by atoms with Gasteiger partial charge in [-0.15, -0.1) is 0 Å². The molecule has 0 aliphatic rings. The standard InChI is InChI=1S/C7H4Cl2FNO/c8-3-1-4(9)6(7(11)12)5(10)2-3/h1-2H,(H2,11,12). The van der Waals surface area contributed by atoms with E-state index in [0.717, 1.165) is 6.07 Å². The maximum absolute atomic E-state index is 12.9. The lowest BCUT2D eigenvalue weighted by Crippen LogP contribution is -2.13. The molecule has 0 bridgehead atoms. The Morgan fingerprint density at radius 2 is 2.00 bits per heavy atom. The number of hydrogen-bond donors (Lipinski definition) is 1. The number of primary amides is 1. The second-order valence-corrected chi connectivity index (χ2v) is 2.95. The Hall–Kier alpha value is -0.800. The van der Waals surface area contributed by atoms with Crippen LogP contribution in [0.4, 0.5) is 4.39 Å². The van der Waals surface area contributed by atoms with Crippen LogP contribution in [0.1, 0.15) is 10.4 Å². The Morgan fingerprint density at radius 1 is 1.42 bits per heavy atom. The number of benzene rings is 1. The van der Waals surface area contributed by atoms with Crippen molar-refractivity contribution in [3.8, 4) is 0 Å². The number of hydrogen-bond acceptors (Lipinski definition) is 1. The molecular weight excluding hydrogens is 204 g/mol. The van der Waals surface area contributed by atoms with Crippen LogP contribution < -0.4 is 5.73 Å². The summed E-state index contributed by atoms with van der Waals surface area (Å²) in [4.78, 5) is 10.6. The molecule has 0 heterocycles. The first kappa shape index (κ1) is 9.29. The van der Waals surface area contributed by atoms with E-state index in [1.807, 2.05) is 0 Å². The van der Waals surface area contributed by atoms with Crippen LogP contribution in [0.5, 0.6) is 0 Å². The molecule has 1 rings (SSSR count). The number of amides is 1. The molecule has 2 nitrogen and oxygen atoms in total. The Balaban J connectivity index is 3.38. The molecule has 0 aliphatic heterocycles. The zero-order valence-corrected chi connectivity index (χ0v) is 7.29. The fraction of sp³-hybridized carbons (Fsp3) is 0. The summed E-state index contributed by atoms with van der Waals surface area (Å²) in [5.41, 5.74) is 4.53. The van der Waals surface area contributed by atoms with Crippen molar-refractivity contribution in [2.45, 2.75) is 0 Å². The number of halogens is 3. The molecule has 0 radical (unpaired) electrons. The normalized spacial score (nSPS) is 9.92. The molecule has 0 atom stereocenters. The van der Waals surface area contributed by atoms with Gasteiger partial charge in [0.15, 0.2) is 0 Å². The first-order chi connectivity index (χ1) is 5.52. The van der Waals surface area contributed by atoms with E-state index in [9.17, 15) is 9.18 Å². The molecule has 0 saturated carbocycles. The van der Waals surface area contributed by atoms with Crippen molar-refractivity contribution in [2.75, 3.05) is 0 Å². The van der Waals surface area contributed by atoms with Crippen LogP contribution in [0.25, 0.3) is 0 Å². The SMILES string of the molecule is NC(=O)c1c(F)cc(Cl)cc1Cl. The fourth-order valence-electron chi connectivity index (χ4n) is 0.778. The highest BCUT2D eigenvalue weighted by molar-refractivity contribution is 6.36. The largest absolute Gasteiger partial charge is 0.365 e. The molecule has 1 aromatic carbocycles. The summed E-state index contributed by atoms with van der Waals surface area (Å²) in [7, 11) is 0. The Morgan fingerprint density at radius 3 is 2.42 bits per heavy atom. The molecule has 64 valence electrons. The average Bonchev–Trinajstić information content (AvgIpc) is 1.82. The highest BCUT2D eigenvalue weighted by Crippen LogP contribution is 2.23. The first-order valence-electron chi connectivity index (χ1n) is 2.96. The zero-order chi connectivity index (χ0) is 9.30. The lowest BCUT2D eigenvalue weighted by atomic mass is 10.2. The molecule has 0 aliphatic carbocycles. The van der Waals surface area contributed by atoms with Gasteiger partial charge < -0.3 is 5.73 Å². The van der Waals surface area contributed by atoms with Crippen LogP contribution in [0.3, 0.4) is 0 Å². The summed E-state index contributed by atoms with van der Waals surface area (Å²) in [6, 6.07) is 2.24. The number of carbonyl (C=O) groups excluding carboxylic acids is 1. The van der Waals surface area contributed by atoms with Crippen LogP contribution in [-0.2, 0) is 0 Å². The maximum Gasteiger partial charge on any atom is 0.253 e. The summed E-state index contributed by atoms with van der Waals surface area (Å²) < 4.78 is 12.9. The topological polar surface area (TPSA) is 43.1 Å². The Kier molecular flexibility index (Phi) is 2.55. The van der Waals surface area contributed by atoms with Crippen molar-refractivity contribution >= 4 is 29.1 Å². The number of carbonyl (C=O) groups is 1. The van der Waals surface area contributed by atoms with Crippen molar-refractivity contribution in [1.82, 2.24) is 0 Å². The molecule has 2 N–H and O–H groups in total. The predicted octanol–water partition coefficient (Wildman–Crippen LogP) is 2.23. The van der Waals surface area contributed by atoms with Gasteiger partial charge in [-0.2, -0.15) is 0 Å². The maximum atomic E-state index is 12.9. The van der Waals surface area contributed by atoms with Gasteiger partial charge in [-0.3, -0.25) is 4.79 Å². The van der Waals surface area contributed by atoms with Gasteiger partial charge >= 0.3 is 0 Å². The fourth-order valence-corrected chi connectivity index (χ4v) is 1.34. The molecule has 1 aromatic rings. The van der Waals surface area contributed by atoms with Crippen LogP contribution >= 0.6 is 23.2 Å². The minimum Gasteiger partial charge on any atom is -0.365 e. The van der Waals surface area contributed by atoms with Crippen molar-refractivity contribution in [3.05, 3.63) is 33.6 Å². The minimum atomic E-state index is -0.908. The third-order valence-electron chi connectivity index (χ3n) is 1.25. The van der Waals surface area contributed by atoms with E-state index in [4.69, 9.17) is 28.9 Å². The second-order valence-electron chi connectivity index (χ2n) is 2.11. The lowest BCUT2D eigenvalue weighted by molar-refractivity contribution is 0.0996. The van der Waals surface area contributed by atoms with Gasteiger partial charge in [0.25, 0.3) is 5.91 Å². The lowest BCUT2D eigenvalue weighted by Gasteiger charge is -2.01. The highest BCUT2D eigenvalue weighted by Gasteiger charge is 2.13. The van der Waals surface area contributed by atoms with Crippen LogP contribution in [0, 0.1) is 5.82 Å². The van der Waals surface area contributed by atoms with Gasteiger partial charge in [0.1, 0.15) is 5.82 Å². The van der Waals surface area contributed by atoms with E-state index in [1.165, 1.54) is 6.07 Å². The highest BCUT2D eigenvalue weighted by atomic mass is 35.5. The van der Waals surface area contributed by atoms with Gasteiger partial charge in [0.05, 0.1) is 10.6 Å². The Bertz CT molecular complexity index is 317. The first-order valence-corrected chi connectivity index (χ1v) is 3.72. The third kappa shape index (κ3) is 1.68. The third-order valence-corrected chi connectivity index (χ3v) is 1.77. The summed E-state index contributed by atoms with van der Waals surface area (Å²) in [6.45, 7) is 0. The molecule has 12 heavy (non-hydrogen) atoms. The average molecular weight is 208 g/mol. The number of rotatable bonds is 1. The molecular formula is C7H4Cl2FNO. The molecule has 0 aromatic heterocycles. The Labute approximate surface area is 78.1 Å². The molecule has 0 saturated heterocycles. The summed E-state index contributed by atoms with van der Waals surface area (Å²) in [5.74, 6) is -1.71. The molecule has 0 fully saturated rings. The molecule has 5 heteroatoms. The van der Waals surface area contributed by atoms with E-state index >= 15 is 0 Å². The van der Waals surface area contributed by atoms with Gasteiger partial charge in [-0.25, -0.2) is 4.39 Å². The van der Waals surface area contributed by atoms with E-state index < -0.39 is 11.7 Å². The molecule has 0 unspecified atom stereocenters. The summed E-state index contributed by atoms with van der Waals surface area (Å²) >= 11 is 11.0. The van der Waals surface area contributed by atoms with Gasteiger partial charge in [0.2, 0.25) is 0 Å². The smallest absolute Gasteiger partial charge is 0.253 e. The zero-order valence-electron chi connectivity index (χ0n) is 5.77. The molecule has 0 spiro atoms. The molecule has 1 amide bonds. The van der Waals surface area contributed by atoms with Crippen molar-refractivity contribution in [1.29, 1.82) is 0 Å². The van der Waals surface area contributed by atoms with Crippen molar-refractivity contribution in [2.24, 2.45) is 5.73 Å².